The molecule has 0 aromatic heterocycles. The molecule has 0 rings (SSSR count). The van der Waals surface area contributed by atoms with E-state index in [0.717, 1.165) is 0 Å². The Kier molecular flexibility index (Phi) is 3.65. The number of aliphatic hydroxyl groups excluding tert-OH is 1. The zero-order valence-electron chi connectivity index (χ0n) is 5.32. The topological polar surface area (TPSA) is 20.2 Å². The molecule has 10 heavy (non-hydrogen) atoms. The molecule has 0 saturated carbocycles. The summed E-state index contributed by atoms with van der Waals surface area (Å²) < 4.78 is 34.8. The van der Waals surface area contributed by atoms with E-state index < -0.39 is 17.1 Å². The zero-order chi connectivity index (χ0) is 8.36. The van der Waals surface area contributed by atoms with Crippen molar-refractivity contribution < 1.29 is 18.3 Å². The Hall–Kier alpha value is 0.230. The van der Waals surface area contributed by atoms with Crippen molar-refractivity contribution in [2.24, 2.45) is 0 Å². The normalized spacial score (nSPS) is 18.6. The summed E-state index contributed by atoms with van der Waals surface area (Å²) in [6.07, 6.45) is -6.51. The van der Waals surface area contributed by atoms with E-state index in [-0.39, 0.29) is 6.42 Å². The van der Waals surface area contributed by atoms with Gasteiger partial charge in [-0.3, -0.25) is 0 Å². The molecule has 0 bridgehead atoms. The first-order chi connectivity index (χ1) is 4.39. The van der Waals surface area contributed by atoms with Gasteiger partial charge in [0.15, 0.2) is 6.10 Å². The number of alkyl halides is 4. The first-order valence-electron chi connectivity index (χ1n) is 2.78. The quantitative estimate of drug-likeness (QED) is 0.707. The minimum Gasteiger partial charge on any atom is -0.383 e. The van der Waals surface area contributed by atoms with Gasteiger partial charge in [-0.1, -0.05) is 22.9 Å². The van der Waals surface area contributed by atoms with Crippen LogP contribution in [0.1, 0.15) is 13.3 Å². The largest absolute Gasteiger partial charge is 0.415 e. The van der Waals surface area contributed by atoms with Gasteiger partial charge in [-0.05, 0) is 6.42 Å². The van der Waals surface area contributed by atoms with Crippen molar-refractivity contribution in [2.75, 3.05) is 0 Å². The Bertz CT molecular complexity index is 104. The molecular formula is C5H8BrF3O. The third kappa shape index (κ3) is 2.88. The molecule has 5 heteroatoms. The predicted molar refractivity (Wildman–Crippen MR) is 35.1 cm³/mol. The minimum atomic E-state index is -4.51. The molecule has 0 amide bonds. The minimum absolute atomic E-state index is 0.251. The van der Waals surface area contributed by atoms with Crippen LogP contribution in [0.4, 0.5) is 13.2 Å². The first kappa shape index (κ1) is 10.2. The van der Waals surface area contributed by atoms with Crippen molar-refractivity contribution in [1.82, 2.24) is 0 Å². The van der Waals surface area contributed by atoms with Crippen LogP contribution in [0.15, 0.2) is 0 Å². The summed E-state index contributed by atoms with van der Waals surface area (Å²) >= 11 is 2.71. The summed E-state index contributed by atoms with van der Waals surface area (Å²) in [6.45, 7) is 1.56. The summed E-state index contributed by atoms with van der Waals surface area (Å²) in [5.74, 6) is 0. The monoisotopic (exact) mass is 220 g/mol. The lowest BCUT2D eigenvalue weighted by Crippen LogP contribution is -2.36. The molecule has 0 saturated heterocycles. The summed E-state index contributed by atoms with van der Waals surface area (Å²) in [6, 6.07) is 0. The van der Waals surface area contributed by atoms with Crippen LogP contribution in [0.25, 0.3) is 0 Å². The number of hydrogen-bond donors (Lipinski definition) is 1. The van der Waals surface area contributed by atoms with Gasteiger partial charge in [0.25, 0.3) is 0 Å². The van der Waals surface area contributed by atoms with Crippen molar-refractivity contribution in [3.63, 3.8) is 0 Å². The van der Waals surface area contributed by atoms with Crippen LogP contribution in [0, 0.1) is 0 Å². The molecule has 2 atom stereocenters. The van der Waals surface area contributed by atoms with E-state index in [4.69, 9.17) is 5.11 Å². The van der Waals surface area contributed by atoms with Crippen LogP contribution in [0.5, 0.6) is 0 Å². The van der Waals surface area contributed by atoms with Gasteiger partial charge in [0.05, 0.1) is 0 Å². The van der Waals surface area contributed by atoms with Gasteiger partial charge in [-0.2, -0.15) is 13.2 Å². The number of halogens is 4. The molecule has 0 aliphatic carbocycles. The molecule has 0 aliphatic heterocycles. The Balaban J connectivity index is 3.94. The van der Waals surface area contributed by atoms with Gasteiger partial charge in [0, 0.05) is 4.83 Å². The summed E-state index contributed by atoms with van der Waals surface area (Å²) in [7, 11) is 0. The maximum atomic E-state index is 11.6. The lowest BCUT2D eigenvalue weighted by atomic mass is 10.2. The van der Waals surface area contributed by atoms with Gasteiger partial charge < -0.3 is 5.11 Å². The van der Waals surface area contributed by atoms with Crippen molar-refractivity contribution >= 4 is 15.9 Å². The summed E-state index contributed by atoms with van der Waals surface area (Å²) in [5.41, 5.74) is 0. The number of hydrogen-bond acceptors (Lipinski definition) is 1. The van der Waals surface area contributed by atoms with Crippen LogP contribution < -0.4 is 0 Å². The molecule has 1 nitrogen and oxygen atoms in total. The van der Waals surface area contributed by atoms with Crippen molar-refractivity contribution in [3.8, 4) is 0 Å². The Morgan fingerprint density at radius 2 is 1.90 bits per heavy atom. The Morgan fingerprint density at radius 1 is 1.50 bits per heavy atom. The van der Waals surface area contributed by atoms with Gasteiger partial charge in [0.1, 0.15) is 0 Å². The maximum absolute atomic E-state index is 11.6. The van der Waals surface area contributed by atoms with Crippen LogP contribution in [-0.2, 0) is 0 Å². The second-order valence-electron chi connectivity index (χ2n) is 1.91. The highest BCUT2D eigenvalue weighted by Crippen LogP contribution is 2.26. The molecule has 0 radical (unpaired) electrons. The molecule has 62 valence electrons. The second-order valence-corrected chi connectivity index (χ2v) is 3.09. The van der Waals surface area contributed by atoms with E-state index in [0.29, 0.717) is 0 Å². The second kappa shape index (κ2) is 3.57. The average molecular weight is 221 g/mol. The fourth-order valence-electron chi connectivity index (χ4n) is 0.428. The van der Waals surface area contributed by atoms with E-state index in [1.165, 1.54) is 0 Å². The average Bonchev–Trinajstić information content (AvgIpc) is 1.83. The molecule has 0 aliphatic rings. The third-order valence-corrected chi connectivity index (χ3v) is 2.22. The lowest BCUT2D eigenvalue weighted by Gasteiger charge is -2.18. The summed E-state index contributed by atoms with van der Waals surface area (Å²) in [4.78, 5) is -0.896. The van der Waals surface area contributed by atoms with Gasteiger partial charge in [0.2, 0.25) is 0 Å². The van der Waals surface area contributed by atoms with Gasteiger partial charge in [-0.15, -0.1) is 0 Å². The summed E-state index contributed by atoms with van der Waals surface area (Å²) in [5, 5.41) is 8.48. The van der Waals surface area contributed by atoms with Gasteiger partial charge in [-0.25, -0.2) is 0 Å². The van der Waals surface area contributed by atoms with Crippen LogP contribution in [0.3, 0.4) is 0 Å². The van der Waals surface area contributed by atoms with Crippen LogP contribution in [0.2, 0.25) is 0 Å². The zero-order valence-corrected chi connectivity index (χ0v) is 6.91. The molecule has 1 N–H and O–H groups in total. The van der Waals surface area contributed by atoms with Crippen LogP contribution in [-0.4, -0.2) is 22.2 Å². The molecular weight excluding hydrogens is 213 g/mol. The molecule has 0 aromatic carbocycles. The van der Waals surface area contributed by atoms with Crippen molar-refractivity contribution in [1.29, 1.82) is 0 Å². The fourth-order valence-corrected chi connectivity index (χ4v) is 0.728. The van der Waals surface area contributed by atoms with Crippen LogP contribution >= 0.6 is 15.9 Å². The highest BCUT2D eigenvalue weighted by Gasteiger charge is 2.41. The molecule has 0 spiro atoms. The molecule has 0 heterocycles. The Morgan fingerprint density at radius 3 is 2.00 bits per heavy atom. The highest BCUT2D eigenvalue weighted by molar-refractivity contribution is 9.09. The molecule has 0 fully saturated rings. The standard InChI is InChI=1S/C5H8BrF3O/c1-2-3(6)4(10)5(7,8)9/h3-4,10H,2H2,1H3. The number of aliphatic hydroxyl groups is 1. The lowest BCUT2D eigenvalue weighted by molar-refractivity contribution is -0.202. The first-order valence-corrected chi connectivity index (χ1v) is 3.70. The van der Waals surface area contributed by atoms with E-state index >= 15 is 0 Å². The smallest absolute Gasteiger partial charge is 0.383 e. The van der Waals surface area contributed by atoms with E-state index in [1.807, 2.05) is 0 Å². The highest BCUT2D eigenvalue weighted by atomic mass is 79.9. The number of rotatable bonds is 2. The van der Waals surface area contributed by atoms with Crippen molar-refractivity contribution in [2.45, 2.75) is 30.5 Å². The molecule has 2 unspecified atom stereocenters. The fraction of sp³-hybridized carbons (Fsp3) is 1.00. The van der Waals surface area contributed by atoms with Crippen molar-refractivity contribution in [3.05, 3.63) is 0 Å². The van der Waals surface area contributed by atoms with E-state index in [1.54, 1.807) is 6.92 Å². The molecule has 0 aromatic rings. The predicted octanol–water partition coefficient (Wildman–Crippen LogP) is 2.08. The third-order valence-electron chi connectivity index (χ3n) is 1.07. The SMILES string of the molecule is CCC(Br)C(O)C(F)(F)F. The Labute approximate surface area is 65.4 Å². The van der Waals surface area contributed by atoms with E-state index in [2.05, 4.69) is 15.9 Å². The van der Waals surface area contributed by atoms with E-state index in [9.17, 15) is 13.2 Å². The maximum Gasteiger partial charge on any atom is 0.415 e. The van der Waals surface area contributed by atoms with Gasteiger partial charge >= 0.3 is 6.18 Å².